The molecular weight excluding hydrogens is 250 g/mol. The molecule has 106 valence electrons. The first kappa shape index (κ1) is 13.6. The highest BCUT2D eigenvalue weighted by molar-refractivity contribution is 5.87. The fourth-order valence-electron chi connectivity index (χ4n) is 2.26. The maximum atomic E-state index is 12.1. The van der Waals surface area contributed by atoms with Crippen molar-refractivity contribution in [1.82, 2.24) is 15.1 Å². The van der Waals surface area contributed by atoms with Crippen molar-refractivity contribution in [3.05, 3.63) is 0 Å². The molecule has 1 heterocycles. The highest BCUT2D eigenvalue weighted by Gasteiger charge is 2.36. The molecule has 1 saturated heterocycles. The maximum absolute atomic E-state index is 12.1. The Bertz CT molecular complexity index is 394. The van der Waals surface area contributed by atoms with Gasteiger partial charge in [-0.15, -0.1) is 0 Å². The Kier molecular flexibility index (Phi) is 3.92. The van der Waals surface area contributed by atoms with Gasteiger partial charge in [0.15, 0.2) is 0 Å². The summed E-state index contributed by atoms with van der Waals surface area (Å²) in [4.78, 5) is 37.3. The number of carbonyl (C=O) groups excluding carboxylic acids is 2. The molecule has 0 radical (unpaired) electrons. The molecule has 1 atom stereocenters. The molecule has 1 saturated carbocycles. The van der Waals surface area contributed by atoms with Crippen LogP contribution in [-0.2, 0) is 9.59 Å². The van der Waals surface area contributed by atoms with Crippen molar-refractivity contribution in [2.45, 2.75) is 37.8 Å². The third kappa shape index (κ3) is 3.36. The van der Waals surface area contributed by atoms with E-state index >= 15 is 0 Å². The fraction of sp³-hybridized carbons (Fsp3) is 0.750. The first-order chi connectivity index (χ1) is 8.99. The average Bonchev–Trinajstić information content (AvgIpc) is 3.00. The van der Waals surface area contributed by atoms with Gasteiger partial charge in [-0.3, -0.25) is 4.79 Å². The summed E-state index contributed by atoms with van der Waals surface area (Å²) in [6.45, 7) is 0.405. The molecule has 0 spiro atoms. The Morgan fingerprint density at radius 3 is 2.58 bits per heavy atom. The molecule has 0 aromatic carbocycles. The van der Waals surface area contributed by atoms with Crippen LogP contribution in [0.15, 0.2) is 0 Å². The van der Waals surface area contributed by atoms with Crippen LogP contribution in [0.5, 0.6) is 0 Å². The van der Waals surface area contributed by atoms with E-state index in [1.54, 1.807) is 0 Å². The molecule has 7 heteroatoms. The van der Waals surface area contributed by atoms with E-state index in [0.717, 1.165) is 12.8 Å². The van der Waals surface area contributed by atoms with Gasteiger partial charge in [-0.25, -0.2) is 9.59 Å². The normalized spacial score (nSPS) is 22.2. The van der Waals surface area contributed by atoms with Crippen LogP contribution < -0.4 is 5.32 Å². The smallest absolute Gasteiger partial charge is 0.326 e. The standard InChI is InChI=1S/C12H19N3O4/c1-14(7-10(16)13-8-4-5-8)12(19)15-6-2-3-9(15)11(17)18/h8-9H,2-7H2,1H3,(H,13,16)(H,17,18)/t9-/m1/s1. The Labute approximate surface area is 111 Å². The summed E-state index contributed by atoms with van der Waals surface area (Å²) < 4.78 is 0. The van der Waals surface area contributed by atoms with Gasteiger partial charge in [-0.2, -0.15) is 0 Å². The van der Waals surface area contributed by atoms with Crippen LogP contribution in [0.2, 0.25) is 0 Å². The minimum absolute atomic E-state index is 0.0296. The molecule has 2 N–H and O–H groups in total. The molecule has 19 heavy (non-hydrogen) atoms. The Hall–Kier alpha value is -1.79. The van der Waals surface area contributed by atoms with E-state index in [0.29, 0.717) is 19.4 Å². The summed E-state index contributed by atoms with van der Waals surface area (Å²) in [7, 11) is 1.52. The van der Waals surface area contributed by atoms with Crippen molar-refractivity contribution in [1.29, 1.82) is 0 Å². The van der Waals surface area contributed by atoms with E-state index in [1.165, 1.54) is 16.8 Å². The summed E-state index contributed by atoms with van der Waals surface area (Å²) in [5.74, 6) is -1.17. The SMILES string of the molecule is CN(CC(=O)NC1CC1)C(=O)N1CCC[C@@H]1C(=O)O. The minimum atomic E-state index is -0.985. The maximum Gasteiger partial charge on any atom is 0.326 e. The first-order valence-electron chi connectivity index (χ1n) is 6.53. The summed E-state index contributed by atoms with van der Waals surface area (Å²) in [6.07, 6.45) is 3.15. The second-order valence-corrected chi connectivity index (χ2v) is 5.17. The molecule has 7 nitrogen and oxygen atoms in total. The molecule has 1 aliphatic heterocycles. The average molecular weight is 269 g/mol. The molecule has 2 fully saturated rings. The van der Waals surface area contributed by atoms with Crippen LogP contribution in [0.3, 0.4) is 0 Å². The number of hydrogen-bond acceptors (Lipinski definition) is 3. The van der Waals surface area contributed by atoms with Crippen molar-refractivity contribution in [3.63, 3.8) is 0 Å². The molecule has 3 amide bonds. The van der Waals surface area contributed by atoms with Gasteiger partial charge in [0.2, 0.25) is 5.91 Å². The number of aliphatic carboxylic acids is 1. The predicted molar refractivity (Wildman–Crippen MR) is 66.6 cm³/mol. The molecule has 0 aromatic rings. The summed E-state index contributed by atoms with van der Waals surface area (Å²) in [5, 5.41) is 11.8. The number of carbonyl (C=O) groups is 3. The Balaban J connectivity index is 1.86. The lowest BCUT2D eigenvalue weighted by molar-refractivity contribution is -0.141. The van der Waals surface area contributed by atoms with E-state index in [1.807, 2.05) is 0 Å². The highest BCUT2D eigenvalue weighted by atomic mass is 16.4. The van der Waals surface area contributed by atoms with E-state index in [4.69, 9.17) is 5.11 Å². The topological polar surface area (TPSA) is 90.0 Å². The Morgan fingerprint density at radius 2 is 2.00 bits per heavy atom. The van der Waals surface area contributed by atoms with E-state index in [-0.39, 0.29) is 18.5 Å². The zero-order valence-corrected chi connectivity index (χ0v) is 11.0. The highest BCUT2D eigenvalue weighted by Crippen LogP contribution is 2.20. The number of nitrogens with zero attached hydrogens (tertiary/aromatic N) is 2. The predicted octanol–water partition coefficient (Wildman–Crippen LogP) is -0.134. The third-order valence-electron chi connectivity index (χ3n) is 3.43. The zero-order valence-electron chi connectivity index (χ0n) is 11.0. The molecule has 1 aliphatic carbocycles. The molecule has 2 rings (SSSR count). The van der Waals surface area contributed by atoms with Gasteiger partial charge in [0, 0.05) is 19.6 Å². The number of carboxylic acids is 1. The minimum Gasteiger partial charge on any atom is -0.480 e. The van der Waals surface area contributed by atoms with E-state index < -0.39 is 18.0 Å². The van der Waals surface area contributed by atoms with Crippen molar-refractivity contribution >= 4 is 17.9 Å². The van der Waals surface area contributed by atoms with Gasteiger partial charge in [-0.05, 0) is 25.7 Å². The number of nitrogens with one attached hydrogen (secondary N) is 1. The lowest BCUT2D eigenvalue weighted by Gasteiger charge is -2.27. The number of likely N-dealkylation sites (N-methyl/N-ethyl adjacent to an activating group) is 1. The van der Waals surface area contributed by atoms with Crippen LogP contribution in [0.1, 0.15) is 25.7 Å². The molecular formula is C12H19N3O4. The quantitative estimate of drug-likeness (QED) is 0.743. The van der Waals surface area contributed by atoms with E-state index in [2.05, 4.69) is 5.32 Å². The Morgan fingerprint density at radius 1 is 1.32 bits per heavy atom. The first-order valence-corrected chi connectivity index (χ1v) is 6.53. The van der Waals surface area contributed by atoms with Gasteiger partial charge < -0.3 is 20.2 Å². The van der Waals surface area contributed by atoms with Gasteiger partial charge in [0.1, 0.15) is 12.6 Å². The van der Waals surface area contributed by atoms with Crippen molar-refractivity contribution in [3.8, 4) is 0 Å². The summed E-state index contributed by atoms with van der Waals surface area (Å²) >= 11 is 0. The van der Waals surface area contributed by atoms with Gasteiger partial charge in [0.05, 0.1) is 0 Å². The second-order valence-electron chi connectivity index (χ2n) is 5.17. The molecule has 2 aliphatic rings. The number of rotatable bonds is 4. The van der Waals surface area contributed by atoms with Crippen molar-refractivity contribution < 1.29 is 19.5 Å². The number of likely N-dealkylation sites (tertiary alicyclic amines) is 1. The number of hydrogen-bond donors (Lipinski definition) is 2. The van der Waals surface area contributed by atoms with Gasteiger partial charge >= 0.3 is 12.0 Å². The molecule has 0 unspecified atom stereocenters. The van der Waals surface area contributed by atoms with Crippen LogP contribution in [0.4, 0.5) is 4.79 Å². The third-order valence-corrected chi connectivity index (χ3v) is 3.43. The second kappa shape index (κ2) is 5.46. The molecule has 0 bridgehead atoms. The van der Waals surface area contributed by atoms with Crippen LogP contribution >= 0.6 is 0 Å². The van der Waals surface area contributed by atoms with Gasteiger partial charge in [-0.1, -0.05) is 0 Å². The van der Waals surface area contributed by atoms with Crippen LogP contribution in [-0.4, -0.2) is 65.0 Å². The van der Waals surface area contributed by atoms with Gasteiger partial charge in [0.25, 0.3) is 0 Å². The lowest BCUT2D eigenvalue weighted by Crippen LogP contribution is -2.49. The van der Waals surface area contributed by atoms with Crippen LogP contribution in [0.25, 0.3) is 0 Å². The number of urea groups is 1. The number of amides is 3. The summed E-state index contributed by atoms with van der Waals surface area (Å²) in [5.41, 5.74) is 0. The van der Waals surface area contributed by atoms with Crippen molar-refractivity contribution in [2.24, 2.45) is 0 Å². The largest absolute Gasteiger partial charge is 0.480 e. The zero-order chi connectivity index (χ0) is 14.0. The molecule has 0 aromatic heterocycles. The number of carboxylic acid groups (broad SMARTS) is 1. The fourth-order valence-corrected chi connectivity index (χ4v) is 2.26. The summed E-state index contributed by atoms with van der Waals surface area (Å²) in [6, 6.07) is -0.896. The van der Waals surface area contributed by atoms with E-state index in [9.17, 15) is 14.4 Å². The lowest BCUT2D eigenvalue weighted by atomic mass is 10.2. The monoisotopic (exact) mass is 269 g/mol. The van der Waals surface area contributed by atoms with Crippen LogP contribution in [0, 0.1) is 0 Å². The van der Waals surface area contributed by atoms with Crippen molar-refractivity contribution in [2.75, 3.05) is 20.1 Å².